The molecule has 0 bridgehead atoms. The maximum Gasteiger partial charge on any atom is 0.293 e. The fraction of sp³-hybridized carbons (Fsp3) is 0.182. The van der Waals surface area contributed by atoms with E-state index in [1.54, 1.807) is 23.0 Å². The number of nitrogens with one attached hydrogen (secondary N) is 1. The molecule has 0 saturated carbocycles. The third-order valence-electron chi connectivity index (χ3n) is 4.68. The van der Waals surface area contributed by atoms with Crippen LogP contribution < -0.4 is 10.9 Å². The summed E-state index contributed by atoms with van der Waals surface area (Å²) in [5, 5.41) is 12.4. The molecule has 1 amide bonds. The Morgan fingerprint density at radius 3 is 2.47 bits per heavy atom. The Labute approximate surface area is 181 Å². The quantitative estimate of drug-likeness (QED) is 0.480. The number of hydrogen-bond acceptors (Lipinski definition) is 4. The first-order valence-electron chi connectivity index (χ1n) is 9.53. The van der Waals surface area contributed by atoms with Crippen LogP contribution in [-0.2, 0) is 11.3 Å². The topological polar surface area (TPSA) is 81.8 Å². The van der Waals surface area contributed by atoms with Crippen molar-refractivity contribution in [3.63, 3.8) is 0 Å². The summed E-state index contributed by atoms with van der Waals surface area (Å²) < 4.78 is 3.74. The van der Waals surface area contributed by atoms with Crippen LogP contribution in [0.25, 0.3) is 16.6 Å². The summed E-state index contributed by atoms with van der Waals surface area (Å²) in [5.41, 5.74) is 2.20. The van der Waals surface area contributed by atoms with Crippen molar-refractivity contribution < 1.29 is 4.79 Å². The molecule has 4 aromatic rings. The van der Waals surface area contributed by atoms with Crippen molar-refractivity contribution in [3.8, 4) is 5.69 Å². The van der Waals surface area contributed by atoms with Crippen LogP contribution in [0.2, 0.25) is 0 Å². The Morgan fingerprint density at radius 1 is 1.10 bits per heavy atom. The summed E-state index contributed by atoms with van der Waals surface area (Å²) in [5.74, 6) is -0.269. The van der Waals surface area contributed by atoms with Crippen LogP contribution >= 0.6 is 15.9 Å². The Balaban J connectivity index is 1.76. The number of benzene rings is 2. The highest BCUT2D eigenvalue weighted by atomic mass is 79.9. The molecule has 2 heterocycles. The highest BCUT2D eigenvalue weighted by molar-refractivity contribution is 9.10. The maximum absolute atomic E-state index is 13.2. The zero-order valence-electron chi connectivity index (χ0n) is 16.5. The van der Waals surface area contributed by atoms with Crippen LogP contribution in [-0.4, -0.2) is 25.5 Å². The molecule has 30 heavy (non-hydrogen) atoms. The van der Waals surface area contributed by atoms with Gasteiger partial charge in [-0.3, -0.25) is 9.59 Å². The summed E-state index contributed by atoms with van der Waals surface area (Å²) in [7, 11) is 0. The van der Waals surface area contributed by atoms with Gasteiger partial charge < -0.3 is 5.32 Å². The van der Waals surface area contributed by atoms with E-state index in [-0.39, 0.29) is 23.9 Å². The molecule has 4 rings (SSSR count). The van der Waals surface area contributed by atoms with Crippen molar-refractivity contribution >= 4 is 38.4 Å². The van der Waals surface area contributed by atoms with Crippen LogP contribution in [0, 0.1) is 0 Å². The van der Waals surface area contributed by atoms with Crippen molar-refractivity contribution in [2.75, 3.05) is 5.32 Å². The van der Waals surface area contributed by atoms with Crippen LogP contribution in [0.1, 0.15) is 25.5 Å². The number of carbonyl (C=O) groups is 1. The first-order valence-corrected chi connectivity index (χ1v) is 10.3. The molecule has 0 fully saturated rings. The predicted octanol–water partition coefficient (Wildman–Crippen LogP) is 4.11. The van der Waals surface area contributed by atoms with Gasteiger partial charge in [-0.2, -0.15) is 10.2 Å². The summed E-state index contributed by atoms with van der Waals surface area (Å²) in [6.07, 6.45) is 1.66. The van der Waals surface area contributed by atoms with Gasteiger partial charge in [0.05, 0.1) is 17.6 Å². The minimum atomic E-state index is -0.360. The summed E-state index contributed by atoms with van der Waals surface area (Å²) in [6, 6.07) is 16.7. The highest BCUT2D eigenvalue weighted by Gasteiger charge is 2.19. The van der Waals surface area contributed by atoms with Gasteiger partial charge in [-0.1, -0.05) is 48.0 Å². The standard InChI is InChI=1S/C22H20BrN5O2/c1-14(2)20-18-12-24-28(17-6-4-3-5-7-17)21(18)22(30)27(26-20)13-19(29)25-16-10-8-15(23)9-11-16/h3-12,14H,13H2,1-2H3,(H,25,29). The molecule has 0 spiro atoms. The van der Waals surface area contributed by atoms with Crippen molar-refractivity contribution in [3.05, 3.63) is 81.3 Å². The zero-order chi connectivity index (χ0) is 21.3. The molecule has 0 aliphatic carbocycles. The lowest BCUT2D eigenvalue weighted by Gasteiger charge is -2.12. The van der Waals surface area contributed by atoms with E-state index < -0.39 is 0 Å². The molecule has 2 aromatic heterocycles. The van der Waals surface area contributed by atoms with Gasteiger partial charge in [0.1, 0.15) is 12.1 Å². The van der Waals surface area contributed by atoms with E-state index in [4.69, 9.17) is 0 Å². The molecule has 1 N–H and O–H groups in total. The Hall–Kier alpha value is -3.26. The number of amides is 1. The normalized spacial score (nSPS) is 11.2. The largest absolute Gasteiger partial charge is 0.324 e. The zero-order valence-corrected chi connectivity index (χ0v) is 18.1. The fourth-order valence-electron chi connectivity index (χ4n) is 3.26. The molecule has 8 heteroatoms. The average molecular weight is 466 g/mol. The summed E-state index contributed by atoms with van der Waals surface area (Å²) in [4.78, 5) is 25.8. The lowest BCUT2D eigenvalue weighted by molar-refractivity contribution is -0.117. The van der Waals surface area contributed by atoms with Crippen LogP contribution in [0.5, 0.6) is 0 Å². The molecule has 152 valence electrons. The van der Waals surface area contributed by atoms with E-state index >= 15 is 0 Å². The highest BCUT2D eigenvalue weighted by Crippen LogP contribution is 2.23. The van der Waals surface area contributed by atoms with Gasteiger partial charge in [0.25, 0.3) is 5.56 Å². The average Bonchev–Trinajstić information content (AvgIpc) is 3.17. The van der Waals surface area contributed by atoms with Gasteiger partial charge in [0, 0.05) is 15.5 Å². The first-order chi connectivity index (χ1) is 14.4. The molecule has 2 aromatic carbocycles. The molecular weight excluding hydrogens is 446 g/mol. The van der Waals surface area contributed by atoms with Gasteiger partial charge >= 0.3 is 0 Å². The van der Waals surface area contributed by atoms with Gasteiger partial charge in [0.15, 0.2) is 0 Å². The second-order valence-corrected chi connectivity index (χ2v) is 8.13. The number of anilines is 1. The molecular formula is C22H20BrN5O2. The number of aromatic nitrogens is 4. The van der Waals surface area contributed by atoms with E-state index in [2.05, 4.69) is 31.4 Å². The van der Waals surface area contributed by atoms with Crippen LogP contribution in [0.15, 0.2) is 70.1 Å². The number of para-hydroxylation sites is 1. The SMILES string of the molecule is CC(C)c1nn(CC(=O)Nc2ccc(Br)cc2)c(=O)c2c1cnn2-c1ccccc1. The van der Waals surface area contributed by atoms with Crippen molar-refractivity contribution in [2.45, 2.75) is 26.3 Å². The Morgan fingerprint density at radius 2 is 1.80 bits per heavy atom. The Kier molecular flexibility index (Phi) is 5.50. The van der Waals surface area contributed by atoms with E-state index in [1.165, 1.54) is 4.68 Å². The minimum Gasteiger partial charge on any atom is -0.324 e. The smallest absolute Gasteiger partial charge is 0.293 e. The molecule has 0 radical (unpaired) electrons. The number of halogens is 1. The summed E-state index contributed by atoms with van der Waals surface area (Å²) >= 11 is 3.37. The molecule has 0 atom stereocenters. The van der Waals surface area contributed by atoms with Gasteiger partial charge in [-0.25, -0.2) is 9.36 Å². The molecule has 0 aliphatic rings. The van der Waals surface area contributed by atoms with Crippen molar-refractivity contribution in [1.82, 2.24) is 19.6 Å². The van der Waals surface area contributed by atoms with Gasteiger partial charge in [-0.05, 0) is 42.3 Å². The van der Waals surface area contributed by atoms with E-state index in [0.717, 1.165) is 15.9 Å². The van der Waals surface area contributed by atoms with Crippen LogP contribution in [0.3, 0.4) is 0 Å². The molecule has 0 unspecified atom stereocenters. The summed E-state index contributed by atoms with van der Waals surface area (Å²) in [6.45, 7) is 3.81. The number of hydrogen-bond donors (Lipinski definition) is 1. The molecule has 0 saturated heterocycles. The maximum atomic E-state index is 13.2. The second-order valence-electron chi connectivity index (χ2n) is 7.21. The monoisotopic (exact) mass is 465 g/mol. The van der Waals surface area contributed by atoms with E-state index in [1.807, 2.05) is 56.3 Å². The number of fused-ring (bicyclic) bond motifs is 1. The van der Waals surface area contributed by atoms with E-state index in [9.17, 15) is 9.59 Å². The lowest BCUT2D eigenvalue weighted by atomic mass is 10.1. The van der Waals surface area contributed by atoms with Crippen molar-refractivity contribution in [1.29, 1.82) is 0 Å². The minimum absolute atomic E-state index is 0.0577. The van der Waals surface area contributed by atoms with E-state index in [0.29, 0.717) is 16.6 Å². The fourth-order valence-corrected chi connectivity index (χ4v) is 3.53. The second kappa shape index (κ2) is 8.23. The number of carbonyl (C=O) groups excluding carboxylic acids is 1. The predicted molar refractivity (Wildman–Crippen MR) is 120 cm³/mol. The molecule has 0 aliphatic heterocycles. The van der Waals surface area contributed by atoms with Gasteiger partial charge in [0.2, 0.25) is 5.91 Å². The number of rotatable bonds is 5. The number of nitrogens with zero attached hydrogens (tertiary/aromatic N) is 4. The lowest BCUT2D eigenvalue weighted by Crippen LogP contribution is -2.31. The third kappa shape index (κ3) is 3.91. The first kappa shape index (κ1) is 20.0. The van der Waals surface area contributed by atoms with Gasteiger partial charge in [-0.15, -0.1) is 0 Å². The molecule has 7 nitrogen and oxygen atoms in total. The van der Waals surface area contributed by atoms with Crippen molar-refractivity contribution in [2.24, 2.45) is 0 Å². The Bertz CT molecular complexity index is 1260. The third-order valence-corrected chi connectivity index (χ3v) is 5.21. The van der Waals surface area contributed by atoms with Crippen LogP contribution in [0.4, 0.5) is 5.69 Å².